The Bertz CT molecular complexity index is 621. The van der Waals surface area contributed by atoms with E-state index < -0.39 is 0 Å². The summed E-state index contributed by atoms with van der Waals surface area (Å²) >= 11 is 3.37. The zero-order chi connectivity index (χ0) is 14.7. The third-order valence-corrected chi connectivity index (χ3v) is 3.59. The lowest BCUT2D eigenvalue weighted by atomic mass is 10.1. The van der Waals surface area contributed by atoms with Gasteiger partial charge in [-0.1, -0.05) is 19.9 Å². The van der Waals surface area contributed by atoms with Crippen molar-refractivity contribution in [1.82, 2.24) is 4.57 Å². The predicted octanol–water partition coefficient (Wildman–Crippen LogP) is 3.90. The summed E-state index contributed by atoms with van der Waals surface area (Å²) in [5.41, 5.74) is 0.618. The van der Waals surface area contributed by atoms with Gasteiger partial charge in [0.05, 0.1) is 11.6 Å². The summed E-state index contributed by atoms with van der Waals surface area (Å²) in [6.45, 7) is 3.72. The number of phenolic OH excluding ortho intramolecular Hbond substituents is 1. The van der Waals surface area contributed by atoms with Crippen molar-refractivity contribution in [2.75, 3.05) is 0 Å². The summed E-state index contributed by atoms with van der Waals surface area (Å²) < 4.78 is 8.05. The minimum atomic E-state index is -0.346. The maximum Gasteiger partial charge on any atom is 0.314 e. The van der Waals surface area contributed by atoms with Crippen molar-refractivity contribution >= 4 is 21.9 Å². The molecule has 0 unspecified atom stereocenters. The number of hydrogen-bond donors (Lipinski definition) is 1. The average Bonchev–Trinajstić information content (AvgIpc) is 2.86. The lowest BCUT2D eigenvalue weighted by Gasteiger charge is -2.14. The summed E-state index contributed by atoms with van der Waals surface area (Å²) in [6.07, 6.45) is 4.34. The molecule has 0 saturated carbocycles. The smallest absolute Gasteiger partial charge is 0.314 e. The molecule has 5 heteroatoms. The molecule has 1 heterocycles. The van der Waals surface area contributed by atoms with Crippen molar-refractivity contribution in [2.45, 2.75) is 20.3 Å². The van der Waals surface area contributed by atoms with E-state index in [0.29, 0.717) is 12.1 Å². The Morgan fingerprint density at radius 3 is 2.80 bits per heavy atom. The van der Waals surface area contributed by atoms with Gasteiger partial charge in [0.2, 0.25) is 0 Å². The number of hydrogen-bond acceptors (Lipinski definition) is 3. The van der Waals surface area contributed by atoms with E-state index in [2.05, 4.69) is 15.9 Å². The molecule has 20 heavy (non-hydrogen) atoms. The molecule has 1 aromatic heterocycles. The van der Waals surface area contributed by atoms with Gasteiger partial charge in [-0.05, 0) is 40.5 Å². The van der Waals surface area contributed by atoms with Gasteiger partial charge in [-0.25, -0.2) is 0 Å². The zero-order valence-corrected chi connectivity index (χ0v) is 12.9. The molecular weight excluding hydrogens is 322 g/mol. The fourth-order valence-electron chi connectivity index (χ4n) is 1.71. The van der Waals surface area contributed by atoms with Crippen LogP contribution < -0.4 is 4.74 Å². The first-order valence-electron chi connectivity index (χ1n) is 6.40. The number of carbonyl (C=O) groups excluding carboxylic acids is 1. The molecular formula is C15H16BrNO3. The highest BCUT2D eigenvalue weighted by Crippen LogP contribution is 2.34. The Kier molecular flexibility index (Phi) is 4.49. The van der Waals surface area contributed by atoms with Crippen LogP contribution in [0.3, 0.4) is 0 Å². The Hall–Kier alpha value is -1.75. The molecule has 1 N–H and O–H groups in total. The van der Waals surface area contributed by atoms with E-state index in [1.165, 1.54) is 6.07 Å². The summed E-state index contributed by atoms with van der Waals surface area (Å²) in [7, 11) is 0. The van der Waals surface area contributed by atoms with E-state index in [1.807, 2.05) is 25.4 Å². The number of aromatic nitrogens is 1. The molecule has 0 aliphatic carbocycles. The molecule has 2 rings (SSSR count). The topological polar surface area (TPSA) is 51.5 Å². The second kappa shape index (κ2) is 6.13. The van der Waals surface area contributed by atoms with Crippen LogP contribution in [0.5, 0.6) is 11.5 Å². The van der Waals surface area contributed by atoms with Gasteiger partial charge in [0, 0.05) is 16.9 Å². The highest BCUT2D eigenvalue weighted by atomic mass is 79.9. The van der Waals surface area contributed by atoms with E-state index in [4.69, 9.17) is 4.74 Å². The number of ether oxygens (including phenoxy) is 1. The number of halogens is 1. The second-order valence-corrected chi connectivity index (χ2v) is 5.51. The SMILES string of the molecule is CC[C@H](C)C(=O)Oc1c(O)cccc1-n1ccc(Br)c1. The lowest BCUT2D eigenvalue weighted by molar-refractivity contribution is -0.138. The number of nitrogens with zero attached hydrogens (tertiary/aromatic N) is 1. The molecule has 0 saturated heterocycles. The van der Waals surface area contributed by atoms with Gasteiger partial charge in [-0.3, -0.25) is 4.79 Å². The number of benzene rings is 1. The zero-order valence-electron chi connectivity index (χ0n) is 11.3. The van der Waals surface area contributed by atoms with Crippen molar-refractivity contribution in [3.8, 4) is 17.2 Å². The van der Waals surface area contributed by atoms with E-state index in [9.17, 15) is 9.90 Å². The van der Waals surface area contributed by atoms with Crippen LogP contribution in [0.25, 0.3) is 5.69 Å². The van der Waals surface area contributed by atoms with Crippen molar-refractivity contribution in [2.24, 2.45) is 5.92 Å². The molecule has 0 bridgehead atoms. The molecule has 2 aromatic rings. The largest absolute Gasteiger partial charge is 0.504 e. The molecule has 0 spiro atoms. The normalized spacial score (nSPS) is 12.2. The maximum atomic E-state index is 11.9. The Morgan fingerprint density at radius 1 is 1.45 bits per heavy atom. The van der Waals surface area contributed by atoms with E-state index in [-0.39, 0.29) is 23.4 Å². The van der Waals surface area contributed by atoms with Crippen LogP contribution in [0.2, 0.25) is 0 Å². The summed E-state index contributed by atoms with van der Waals surface area (Å²) in [5.74, 6) is -0.426. The fraction of sp³-hybridized carbons (Fsp3) is 0.267. The monoisotopic (exact) mass is 337 g/mol. The number of phenols is 1. The number of aromatic hydroxyl groups is 1. The second-order valence-electron chi connectivity index (χ2n) is 4.59. The first-order valence-corrected chi connectivity index (χ1v) is 7.19. The van der Waals surface area contributed by atoms with Crippen LogP contribution in [0.4, 0.5) is 0 Å². The van der Waals surface area contributed by atoms with E-state index in [1.54, 1.807) is 23.6 Å². The number of esters is 1. The minimum Gasteiger partial charge on any atom is -0.504 e. The highest BCUT2D eigenvalue weighted by Gasteiger charge is 2.18. The van der Waals surface area contributed by atoms with Crippen LogP contribution in [-0.2, 0) is 4.79 Å². The number of rotatable bonds is 4. The standard InChI is InChI=1S/C15H16BrNO3/c1-3-10(2)15(19)20-14-12(5-4-6-13(14)18)17-8-7-11(16)9-17/h4-10,18H,3H2,1-2H3/t10-/m0/s1. The quantitative estimate of drug-likeness (QED) is 0.680. The first-order chi connectivity index (χ1) is 9.52. The van der Waals surface area contributed by atoms with Crippen molar-refractivity contribution in [3.05, 3.63) is 41.1 Å². The molecule has 1 atom stereocenters. The van der Waals surface area contributed by atoms with E-state index in [0.717, 1.165) is 4.47 Å². The third-order valence-electron chi connectivity index (χ3n) is 3.13. The summed E-state index contributed by atoms with van der Waals surface area (Å²) in [5, 5.41) is 9.96. The summed E-state index contributed by atoms with van der Waals surface area (Å²) in [6, 6.07) is 6.86. The number of carbonyl (C=O) groups is 1. The highest BCUT2D eigenvalue weighted by molar-refractivity contribution is 9.10. The van der Waals surface area contributed by atoms with Gasteiger partial charge in [0.25, 0.3) is 0 Å². The Balaban J connectivity index is 2.39. The van der Waals surface area contributed by atoms with Gasteiger partial charge >= 0.3 is 5.97 Å². The molecule has 0 radical (unpaired) electrons. The molecule has 0 aliphatic heterocycles. The van der Waals surface area contributed by atoms with Gasteiger partial charge in [-0.2, -0.15) is 0 Å². The Labute approximate surface area is 126 Å². The lowest BCUT2D eigenvalue weighted by Crippen LogP contribution is -2.17. The van der Waals surface area contributed by atoms with Gasteiger partial charge in [-0.15, -0.1) is 0 Å². The van der Waals surface area contributed by atoms with Crippen LogP contribution in [0.15, 0.2) is 41.1 Å². The first kappa shape index (κ1) is 14.7. The third kappa shape index (κ3) is 3.04. The minimum absolute atomic E-state index is 0.0519. The molecule has 0 fully saturated rings. The molecule has 0 aliphatic rings. The fourth-order valence-corrected chi connectivity index (χ4v) is 2.05. The predicted molar refractivity (Wildman–Crippen MR) is 80.2 cm³/mol. The number of para-hydroxylation sites is 1. The average molecular weight is 338 g/mol. The van der Waals surface area contributed by atoms with Crippen molar-refractivity contribution in [1.29, 1.82) is 0 Å². The van der Waals surface area contributed by atoms with Crippen molar-refractivity contribution < 1.29 is 14.6 Å². The summed E-state index contributed by atoms with van der Waals surface area (Å²) in [4.78, 5) is 11.9. The van der Waals surface area contributed by atoms with Crippen molar-refractivity contribution in [3.63, 3.8) is 0 Å². The molecule has 106 valence electrons. The van der Waals surface area contributed by atoms with Gasteiger partial charge in [0.1, 0.15) is 0 Å². The molecule has 0 amide bonds. The van der Waals surface area contributed by atoms with Gasteiger partial charge < -0.3 is 14.4 Å². The maximum absolute atomic E-state index is 11.9. The van der Waals surface area contributed by atoms with E-state index >= 15 is 0 Å². The van der Waals surface area contributed by atoms with Crippen LogP contribution in [0.1, 0.15) is 20.3 Å². The molecule has 4 nitrogen and oxygen atoms in total. The van der Waals surface area contributed by atoms with Crippen LogP contribution in [0, 0.1) is 5.92 Å². The van der Waals surface area contributed by atoms with Crippen LogP contribution >= 0.6 is 15.9 Å². The Morgan fingerprint density at radius 2 is 2.20 bits per heavy atom. The molecule has 1 aromatic carbocycles. The van der Waals surface area contributed by atoms with Gasteiger partial charge in [0.15, 0.2) is 11.5 Å². The van der Waals surface area contributed by atoms with Crippen LogP contribution in [-0.4, -0.2) is 15.6 Å².